The van der Waals surface area contributed by atoms with Gasteiger partial charge in [-0.2, -0.15) is 11.8 Å². The Balaban J connectivity index is 1.60. The van der Waals surface area contributed by atoms with Crippen molar-refractivity contribution in [3.8, 4) is 5.75 Å². The molecule has 3 nitrogen and oxygen atoms in total. The van der Waals surface area contributed by atoms with Crippen LogP contribution in [-0.4, -0.2) is 24.8 Å². The molecule has 1 N–H and O–H groups in total. The summed E-state index contributed by atoms with van der Waals surface area (Å²) >= 11 is 13.7. The molecule has 1 amide bonds. The lowest BCUT2D eigenvalue weighted by molar-refractivity contribution is -0.122. The van der Waals surface area contributed by atoms with Crippen LogP contribution in [0.15, 0.2) is 42.5 Å². The van der Waals surface area contributed by atoms with Crippen LogP contribution in [0, 0.1) is 6.92 Å². The summed E-state index contributed by atoms with van der Waals surface area (Å²) in [5.74, 6) is 2.16. The van der Waals surface area contributed by atoms with Crippen LogP contribution in [0.1, 0.15) is 11.1 Å². The number of carbonyl (C=O) groups excluding carboxylic acids is 1. The first-order valence-corrected chi connectivity index (χ1v) is 9.43. The summed E-state index contributed by atoms with van der Waals surface area (Å²) in [6.07, 6.45) is 0. The maximum Gasteiger partial charge on any atom is 0.257 e. The number of aryl methyl sites for hydroxylation is 1. The Labute approximate surface area is 156 Å². The molecule has 2 aromatic carbocycles. The fourth-order valence-corrected chi connectivity index (χ4v) is 3.33. The van der Waals surface area contributed by atoms with Crippen LogP contribution in [0.5, 0.6) is 5.75 Å². The Hall–Kier alpha value is -1.36. The molecule has 0 heterocycles. The molecule has 0 aliphatic carbocycles. The summed E-state index contributed by atoms with van der Waals surface area (Å²) in [5, 5.41) is 4.14. The van der Waals surface area contributed by atoms with Gasteiger partial charge in [0.1, 0.15) is 5.75 Å². The van der Waals surface area contributed by atoms with Crippen molar-refractivity contribution in [3.05, 3.63) is 63.6 Å². The standard InChI is InChI=1S/C18H19Cl2NO2S/c1-13-2-6-16(7-3-13)23-11-18(22)21-8-9-24-12-14-4-5-15(19)10-17(14)20/h2-7,10H,8-9,11-12H2,1H3,(H,21,22). The van der Waals surface area contributed by atoms with E-state index in [0.29, 0.717) is 22.3 Å². The number of benzene rings is 2. The third-order valence-electron chi connectivity index (χ3n) is 3.23. The third-order valence-corrected chi connectivity index (χ3v) is 4.83. The predicted octanol–water partition coefficient (Wildman–Crippen LogP) is 4.73. The zero-order valence-electron chi connectivity index (χ0n) is 13.4. The van der Waals surface area contributed by atoms with Crippen molar-refractivity contribution in [1.29, 1.82) is 0 Å². The minimum absolute atomic E-state index is 0.0245. The SMILES string of the molecule is Cc1ccc(OCC(=O)NCCSCc2ccc(Cl)cc2Cl)cc1. The smallest absolute Gasteiger partial charge is 0.257 e. The quantitative estimate of drug-likeness (QED) is 0.669. The molecular formula is C18H19Cl2NO2S. The summed E-state index contributed by atoms with van der Waals surface area (Å²) < 4.78 is 5.43. The van der Waals surface area contributed by atoms with E-state index >= 15 is 0 Å². The van der Waals surface area contributed by atoms with E-state index in [1.807, 2.05) is 43.3 Å². The highest BCUT2D eigenvalue weighted by molar-refractivity contribution is 7.98. The number of rotatable bonds is 8. The molecule has 2 rings (SSSR count). The predicted molar refractivity (Wildman–Crippen MR) is 102 cm³/mol. The molecule has 2 aromatic rings. The number of thioether (sulfide) groups is 1. The van der Waals surface area contributed by atoms with Gasteiger partial charge in [0.2, 0.25) is 0 Å². The van der Waals surface area contributed by atoms with Gasteiger partial charge in [-0.3, -0.25) is 4.79 Å². The average molecular weight is 384 g/mol. The molecule has 0 atom stereocenters. The molecule has 0 aliphatic rings. The summed E-state index contributed by atoms with van der Waals surface area (Å²) in [6.45, 7) is 2.62. The summed E-state index contributed by atoms with van der Waals surface area (Å²) in [5.41, 5.74) is 2.20. The van der Waals surface area contributed by atoms with Crippen LogP contribution in [0.2, 0.25) is 10.0 Å². The third kappa shape index (κ3) is 6.63. The van der Waals surface area contributed by atoms with Gasteiger partial charge in [-0.1, -0.05) is 47.0 Å². The topological polar surface area (TPSA) is 38.3 Å². The Morgan fingerprint density at radius 3 is 2.62 bits per heavy atom. The van der Waals surface area contributed by atoms with Crippen molar-refractivity contribution in [2.24, 2.45) is 0 Å². The molecule has 0 bridgehead atoms. The van der Waals surface area contributed by atoms with Crippen molar-refractivity contribution in [2.45, 2.75) is 12.7 Å². The minimum Gasteiger partial charge on any atom is -0.484 e. The van der Waals surface area contributed by atoms with Gasteiger partial charge in [-0.25, -0.2) is 0 Å². The zero-order chi connectivity index (χ0) is 17.4. The van der Waals surface area contributed by atoms with Crippen LogP contribution >= 0.6 is 35.0 Å². The van der Waals surface area contributed by atoms with Crippen molar-refractivity contribution in [2.75, 3.05) is 18.9 Å². The van der Waals surface area contributed by atoms with Crippen LogP contribution < -0.4 is 10.1 Å². The number of hydrogen-bond acceptors (Lipinski definition) is 3. The maximum absolute atomic E-state index is 11.7. The van der Waals surface area contributed by atoms with E-state index in [0.717, 1.165) is 22.6 Å². The van der Waals surface area contributed by atoms with Crippen LogP contribution in [0.25, 0.3) is 0 Å². The van der Waals surface area contributed by atoms with Crippen molar-refractivity contribution in [3.63, 3.8) is 0 Å². The van der Waals surface area contributed by atoms with Gasteiger partial charge >= 0.3 is 0 Å². The lowest BCUT2D eigenvalue weighted by Crippen LogP contribution is -2.30. The monoisotopic (exact) mass is 383 g/mol. The number of ether oxygens (including phenoxy) is 1. The largest absolute Gasteiger partial charge is 0.484 e. The molecule has 128 valence electrons. The number of carbonyl (C=O) groups is 1. The van der Waals surface area contributed by atoms with Crippen molar-refractivity contribution >= 4 is 40.9 Å². The first-order valence-electron chi connectivity index (χ1n) is 7.52. The fourth-order valence-electron chi connectivity index (χ4n) is 1.92. The van der Waals surface area contributed by atoms with E-state index in [1.54, 1.807) is 17.8 Å². The highest BCUT2D eigenvalue weighted by Crippen LogP contribution is 2.24. The molecule has 0 radical (unpaired) electrons. The zero-order valence-corrected chi connectivity index (χ0v) is 15.7. The fraction of sp³-hybridized carbons (Fsp3) is 0.278. The average Bonchev–Trinajstić information content (AvgIpc) is 2.56. The second-order valence-electron chi connectivity index (χ2n) is 5.24. The molecule has 0 aliphatic heterocycles. The Morgan fingerprint density at radius 1 is 1.17 bits per heavy atom. The van der Waals surface area contributed by atoms with Crippen molar-refractivity contribution in [1.82, 2.24) is 5.32 Å². The Morgan fingerprint density at radius 2 is 1.92 bits per heavy atom. The highest BCUT2D eigenvalue weighted by atomic mass is 35.5. The number of amides is 1. The second kappa shape index (κ2) is 9.82. The number of halogens is 2. The van der Waals surface area contributed by atoms with E-state index in [-0.39, 0.29) is 12.5 Å². The molecule has 0 saturated carbocycles. The van der Waals surface area contributed by atoms with E-state index in [2.05, 4.69) is 5.32 Å². The van der Waals surface area contributed by atoms with Crippen LogP contribution in [-0.2, 0) is 10.5 Å². The molecule has 0 fully saturated rings. The summed E-state index contributed by atoms with van der Waals surface area (Å²) in [7, 11) is 0. The lowest BCUT2D eigenvalue weighted by Gasteiger charge is -2.08. The van der Waals surface area contributed by atoms with E-state index in [9.17, 15) is 4.79 Å². The van der Waals surface area contributed by atoms with E-state index in [4.69, 9.17) is 27.9 Å². The maximum atomic E-state index is 11.7. The van der Waals surface area contributed by atoms with Gasteiger partial charge < -0.3 is 10.1 Å². The first-order chi connectivity index (χ1) is 11.5. The molecule has 0 aromatic heterocycles. The van der Waals surface area contributed by atoms with E-state index in [1.165, 1.54) is 0 Å². The normalized spacial score (nSPS) is 10.5. The number of hydrogen-bond donors (Lipinski definition) is 1. The Kier molecular flexibility index (Phi) is 7.76. The molecule has 0 spiro atoms. The summed E-state index contributed by atoms with van der Waals surface area (Å²) in [4.78, 5) is 11.7. The van der Waals surface area contributed by atoms with Gasteiger partial charge in [0.15, 0.2) is 6.61 Å². The van der Waals surface area contributed by atoms with Crippen LogP contribution in [0.4, 0.5) is 0 Å². The van der Waals surface area contributed by atoms with Crippen LogP contribution in [0.3, 0.4) is 0 Å². The first kappa shape index (κ1) is 19.0. The summed E-state index contributed by atoms with van der Waals surface area (Å²) in [6, 6.07) is 13.1. The van der Waals surface area contributed by atoms with E-state index < -0.39 is 0 Å². The Bertz CT molecular complexity index is 677. The molecule has 0 unspecified atom stereocenters. The van der Waals surface area contributed by atoms with Gasteiger partial charge in [0.05, 0.1) is 0 Å². The van der Waals surface area contributed by atoms with Gasteiger partial charge in [0.25, 0.3) is 5.91 Å². The minimum atomic E-state index is -0.124. The number of nitrogens with one attached hydrogen (secondary N) is 1. The van der Waals surface area contributed by atoms with Crippen molar-refractivity contribution < 1.29 is 9.53 Å². The molecule has 24 heavy (non-hydrogen) atoms. The molecule has 6 heteroatoms. The molecule has 0 saturated heterocycles. The van der Waals surface area contributed by atoms with Gasteiger partial charge in [-0.05, 0) is 36.8 Å². The van der Waals surface area contributed by atoms with Gasteiger partial charge in [-0.15, -0.1) is 0 Å². The lowest BCUT2D eigenvalue weighted by atomic mass is 10.2. The second-order valence-corrected chi connectivity index (χ2v) is 7.19. The molecular weight excluding hydrogens is 365 g/mol. The van der Waals surface area contributed by atoms with Gasteiger partial charge in [0, 0.05) is 28.1 Å². The highest BCUT2D eigenvalue weighted by Gasteiger charge is 2.04.